The number of carbonyl (C=O) groups excluding carboxylic acids is 3. The molecule has 210 valence electrons. The average molecular weight is 579 g/mol. The molecule has 0 fully saturated rings. The summed E-state index contributed by atoms with van der Waals surface area (Å²) in [5, 5.41) is 8.83. The molecule has 4 aromatic carbocycles. The first-order valence-corrected chi connectivity index (χ1v) is 14.0. The summed E-state index contributed by atoms with van der Waals surface area (Å²) < 4.78 is 13.2. The largest absolute Gasteiger partial charge is 0.361 e. The summed E-state index contributed by atoms with van der Waals surface area (Å²) in [6.45, 7) is 1.76. The summed E-state index contributed by atoms with van der Waals surface area (Å²) in [5.74, 6) is -1.54. The van der Waals surface area contributed by atoms with E-state index in [2.05, 4.69) is 20.9 Å². The van der Waals surface area contributed by atoms with E-state index in [0.717, 1.165) is 21.4 Å². The third-order valence-corrected chi connectivity index (χ3v) is 7.43. The van der Waals surface area contributed by atoms with E-state index in [4.69, 9.17) is 0 Å². The van der Waals surface area contributed by atoms with Crippen LogP contribution < -0.4 is 16.0 Å². The molecule has 0 bridgehead atoms. The number of para-hydroxylation sites is 1. The maximum Gasteiger partial charge on any atom is 0.272 e. The van der Waals surface area contributed by atoms with Gasteiger partial charge in [-0.25, -0.2) is 4.39 Å². The van der Waals surface area contributed by atoms with E-state index in [1.54, 1.807) is 61.7 Å². The second kappa shape index (κ2) is 13.0. The Morgan fingerprint density at radius 2 is 1.57 bits per heavy atom. The number of hydrogen-bond donors (Lipinski definition) is 4. The number of thioether (sulfide) groups is 1. The van der Waals surface area contributed by atoms with Crippen molar-refractivity contribution < 1.29 is 18.8 Å². The van der Waals surface area contributed by atoms with Gasteiger partial charge < -0.3 is 20.9 Å². The number of hydrogen-bond acceptors (Lipinski definition) is 4. The number of aromatic amines is 1. The molecule has 5 aromatic rings. The predicted octanol–water partition coefficient (Wildman–Crippen LogP) is 6.84. The summed E-state index contributed by atoms with van der Waals surface area (Å²) in [6.07, 6.45) is 3.41. The highest BCUT2D eigenvalue weighted by Gasteiger charge is 2.18. The van der Waals surface area contributed by atoms with Gasteiger partial charge in [0.15, 0.2) is 0 Å². The Bertz CT molecular complexity index is 1770. The molecule has 0 aliphatic carbocycles. The van der Waals surface area contributed by atoms with Gasteiger partial charge in [-0.1, -0.05) is 42.5 Å². The van der Waals surface area contributed by atoms with Crippen LogP contribution in [-0.2, 0) is 9.59 Å². The maximum absolute atomic E-state index is 13.5. The Morgan fingerprint density at radius 3 is 2.36 bits per heavy atom. The van der Waals surface area contributed by atoms with E-state index in [1.165, 1.54) is 36.0 Å². The van der Waals surface area contributed by atoms with E-state index < -0.39 is 17.1 Å². The number of benzene rings is 4. The Hall–Kier alpha value is -5.15. The first-order chi connectivity index (χ1) is 20.4. The van der Waals surface area contributed by atoms with Crippen LogP contribution >= 0.6 is 11.8 Å². The topological polar surface area (TPSA) is 103 Å². The highest BCUT2D eigenvalue weighted by atomic mass is 32.2. The molecule has 0 aliphatic heterocycles. The number of nitrogens with one attached hydrogen (secondary N) is 4. The number of halogens is 1. The zero-order chi connectivity index (χ0) is 29.5. The lowest BCUT2D eigenvalue weighted by Gasteiger charge is -2.14. The lowest BCUT2D eigenvalue weighted by molar-refractivity contribution is -0.115. The number of fused-ring (bicyclic) bond motifs is 1. The molecule has 0 spiro atoms. The van der Waals surface area contributed by atoms with Crippen LogP contribution in [0.4, 0.5) is 15.8 Å². The Morgan fingerprint density at radius 1 is 0.833 bits per heavy atom. The van der Waals surface area contributed by atoms with Crippen LogP contribution in [0.3, 0.4) is 0 Å². The summed E-state index contributed by atoms with van der Waals surface area (Å²) in [7, 11) is 0. The zero-order valence-electron chi connectivity index (χ0n) is 22.6. The van der Waals surface area contributed by atoms with Crippen molar-refractivity contribution >= 4 is 57.8 Å². The van der Waals surface area contributed by atoms with Crippen LogP contribution in [-0.4, -0.2) is 28.0 Å². The van der Waals surface area contributed by atoms with Gasteiger partial charge in [0.25, 0.3) is 11.8 Å². The van der Waals surface area contributed by atoms with Gasteiger partial charge in [-0.3, -0.25) is 14.4 Å². The molecule has 1 atom stereocenters. The van der Waals surface area contributed by atoms with Crippen molar-refractivity contribution in [2.24, 2.45) is 0 Å². The van der Waals surface area contributed by atoms with Gasteiger partial charge >= 0.3 is 0 Å². The van der Waals surface area contributed by atoms with Crippen molar-refractivity contribution in [3.8, 4) is 0 Å². The smallest absolute Gasteiger partial charge is 0.272 e. The Kier molecular flexibility index (Phi) is 8.79. The van der Waals surface area contributed by atoms with Crippen molar-refractivity contribution in [2.75, 3.05) is 10.6 Å². The second-order valence-corrected chi connectivity index (χ2v) is 10.8. The van der Waals surface area contributed by atoms with Gasteiger partial charge in [0.05, 0.1) is 5.25 Å². The molecule has 9 heteroatoms. The number of H-pyrrole nitrogens is 1. The van der Waals surface area contributed by atoms with Gasteiger partial charge in [-0.2, -0.15) is 0 Å². The van der Waals surface area contributed by atoms with E-state index in [0.29, 0.717) is 16.9 Å². The number of carbonyl (C=O) groups is 3. The van der Waals surface area contributed by atoms with Crippen molar-refractivity contribution in [3.63, 3.8) is 0 Å². The maximum atomic E-state index is 13.5. The predicted molar refractivity (Wildman–Crippen MR) is 166 cm³/mol. The molecule has 0 saturated carbocycles. The van der Waals surface area contributed by atoms with Crippen molar-refractivity contribution in [2.45, 2.75) is 17.1 Å². The molecule has 0 radical (unpaired) electrons. The molecule has 1 unspecified atom stereocenters. The Balaban J connectivity index is 1.33. The third kappa shape index (κ3) is 7.13. The van der Waals surface area contributed by atoms with Crippen LogP contribution in [0.1, 0.15) is 22.8 Å². The SMILES string of the molecule is CC(Sc1cccc(NC(=O)/C(=C/c2c[nH]c3ccccc23)NC(=O)c2ccccc2)c1)C(=O)Nc1ccc(F)cc1. The quantitative estimate of drug-likeness (QED) is 0.114. The van der Waals surface area contributed by atoms with Gasteiger partial charge in [-0.15, -0.1) is 11.8 Å². The summed E-state index contributed by atoms with van der Waals surface area (Å²) in [6, 6.07) is 29.0. The van der Waals surface area contributed by atoms with Crippen molar-refractivity contribution in [1.29, 1.82) is 0 Å². The molecule has 3 amide bonds. The fraction of sp³-hybridized carbons (Fsp3) is 0.0606. The van der Waals surface area contributed by atoms with Gasteiger partial charge in [0.2, 0.25) is 5.91 Å². The molecular formula is C33H27FN4O3S. The van der Waals surface area contributed by atoms with Crippen LogP contribution in [0, 0.1) is 5.82 Å². The van der Waals surface area contributed by atoms with Crippen molar-refractivity contribution in [1.82, 2.24) is 10.3 Å². The first-order valence-electron chi connectivity index (χ1n) is 13.1. The van der Waals surface area contributed by atoms with Gasteiger partial charge in [-0.05, 0) is 73.7 Å². The molecule has 4 N–H and O–H groups in total. The minimum Gasteiger partial charge on any atom is -0.361 e. The average Bonchev–Trinajstić information content (AvgIpc) is 3.41. The van der Waals surface area contributed by atoms with Crippen LogP contribution in [0.5, 0.6) is 0 Å². The van der Waals surface area contributed by atoms with E-state index in [1.807, 2.05) is 36.4 Å². The highest BCUT2D eigenvalue weighted by Crippen LogP contribution is 2.27. The zero-order valence-corrected chi connectivity index (χ0v) is 23.4. The molecule has 0 saturated heterocycles. The second-order valence-electron chi connectivity index (χ2n) is 9.41. The molecule has 1 heterocycles. The number of aromatic nitrogens is 1. The monoisotopic (exact) mass is 578 g/mol. The van der Waals surface area contributed by atoms with Gasteiger partial charge in [0, 0.05) is 44.5 Å². The van der Waals surface area contributed by atoms with E-state index in [9.17, 15) is 18.8 Å². The third-order valence-electron chi connectivity index (χ3n) is 6.34. The fourth-order valence-electron chi connectivity index (χ4n) is 4.19. The molecule has 7 nitrogen and oxygen atoms in total. The summed E-state index contributed by atoms with van der Waals surface area (Å²) in [4.78, 5) is 43.1. The lowest BCUT2D eigenvalue weighted by Crippen LogP contribution is -2.30. The fourth-order valence-corrected chi connectivity index (χ4v) is 5.12. The Labute approximate surface area is 246 Å². The van der Waals surface area contributed by atoms with Crippen LogP contribution in [0.15, 0.2) is 120 Å². The van der Waals surface area contributed by atoms with E-state index in [-0.39, 0.29) is 17.4 Å². The van der Waals surface area contributed by atoms with Crippen LogP contribution in [0.25, 0.3) is 17.0 Å². The summed E-state index contributed by atoms with van der Waals surface area (Å²) in [5.41, 5.74) is 3.13. The number of amides is 3. The molecule has 5 rings (SSSR count). The molecule has 1 aromatic heterocycles. The van der Waals surface area contributed by atoms with Crippen LogP contribution in [0.2, 0.25) is 0 Å². The first kappa shape index (κ1) is 28.4. The van der Waals surface area contributed by atoms with Gasteiger partial charge in [0.1, 0.15) is 11.5 Å². The minimum atomic E-state index is -0.506. The van der Waals surface area contributed by atoms with E-state index >= 15 is 0 Å². The lowest BCUT2D eigenvalue weighted by atomic mass is 10.1. The summed E-state index contributed by atoms with van der Waals surface area (Å²) >= 11 is 1.31. The molecule has 42 heavy (non-hydrogen) atoms. The number of rotatable bonds is 9. The molecular weight excluding hydrogens is 551 g/mol. The molecule has 0 aliphatic rings. The standard InChI is InChI=1S/C33H27FN4O3S/c1-21(31(39)36-25-16-14-24(34)15-17-25)42-27-11-7-10-26(19-27)37-33(41)30(38-32(40)22-8-3-2-4-9-22)18-23-20-35-29-13-6-5-12-28(23)29/h2-21,35H,1H3,(H,36,39)(H,37,41)(H,38,40)/b30-18-. The minimum absolute atomic E-state index is 0.0682. The highest BCUT2D eigenvalue weighted by molar-refractivity contribution is 8.00. The normalized spacial score (nSPS) is 12.0. The van der Waals surface area contributed by atoms with Crippen molar-refractivity contribution in [3.05, 3.63) is 132 Å². The number of anilines is 2.